The van der Waals surface area contributed by atoms with E-state index in [1.807, 2.05) is 6.07 Å². The molecule has 0 spiro atoms. The van der Waals surface area contributed by atoms with Crippen LogP contribution in [0.15, 0.2) is 42.5 Å². The van der Waals surface area contributed by atoms with Crippen molar-refractivity contribution in [3.63, 3.8) is 0 Å². The Labute approximate surface area is 191 Å². The second-order valence-corrected chi connectivity index (χ2v) is 8.55. The Morgan fingerprint density at radius 3 is 2.39 bits per heavy atom. The minimum atomic E-state index is -0.595. The van der Waals surface area contributed by atoms with E-state index in [4.69, 9.17) is 27.9 Å². The monoisotopic (exact) mass is 465 g/mol. The van der Waals surface area contributed by atoms with E-state index in [2.05, 4.69) is 16.0 Å². The number of rotatable bonds is 7. The summed E-state index contributed by atoms with van der Waals surface area (Å²) in [5, 5.41) is 8.77. The topological polar surface area (TPSA) is 96.5 Å². The lowest BCUT2D eigenvalue weighted by molar-refractivity contribution is -0.116. The minimum absolute atomic E-state index is 0.0948. The molecule has 0 atom stereocenters. The van der Waals surface area contributed by atoms with Crippen molar-refractivity contribution in [2.45, 2.75) is 39.3 Å². The van der Waals surface area contributed by atoms with E-state index >= 15 is 0 Å². The molecule has 2 rings (SSSR count). The van der Waals surface area contributed by atoms with Gasteiger partial charge in [0.2, 0.25) is 5.91 Å². The van der Waals surface area contributed by atoms with Crippen molar-refractivity contribution in [3.05, 3.63) is 63.6 Å². The van der Waals surface area contributed by atoms with E-state index in [-0.39, 0.29) is 31.3 Å². The van der Waals surface area contributed by atoms with Crippen molar-refractivity contribution in [1.29, 1.82) is 0 Å². The standard InChI is InChI=1S/C22H25Cl2N3O4/c1-22(2,3)31-21(30)25-10-9-19(28)27-16-6-4-5-14(11-16)13-26-20(29)15-7-8-17(23)18(24)12-15/h4-8,11-12H,9-10,13H2,1-3H3,(H,25,30)(H,26,29)(H,27,28). The summed E-state index contributed by atoms with van der Waals surface area (Å²) < 4.78 is 5.11. The third-order valence-corrected chi connectivity index (χ3v) is 4.60. The van der Waals surface area contributed by atoms with Gasteiger partial charge in [-0.05, 0) is 56.7 Å². The zero-order valence-corrected chi connectivity index (χ0v) is 19.1. The molecular formula is C22H25Cl2N3O4. The Bertz CT molecular complexity index is 958. The van der Waals surface area contributed by atoms with Gasteiger partial charge in [0.15, 0.2) is 0 Å². The molecule has 0 bridgehead atoms. The van der Waals surface area contributed by atoms with Crippen molar-refractivity contribution in [3.8, 4) is 0 Å². The van der Waals surface area contributed by atoms with Crippen LogP contribution in [0.5, 0.6) is 0 Å². The predicted octanol–water partition coefficient (Wildman–Crippen LogP) is 4.78. The molecule has 0 aliphatic carbocycles. The fraction of sp³-hybridized carbons (Fsp3) is 0.318. The van der Waals surface area contributed by atoms with E-state index in [1.165, 1.54) is 6.07 Å². The van der Waals surface area contributed by atoms with Gasteiger partial charge in [0, 0.05) is 30.8 Å². The molecule has 3 amide bonds. The lowest BCUT2D eigenvalue weighted by atomic mass is 10.1. The van der Waals surface area contributed by atoms with Gasteiger partial charge >= 0.3 is 6.09 Å². The Kier molecular flexibility index (Phi) is 8.71. The molecule has 0 fully saturated rings. The Morgan fingerprint density at radius 2 is 1.71 bits per heavy atom. The molecule has 166 valence electrons. The zero-order chi connectivity index (χ0) is 23.0. The summed E-state index contributed by atoms with van der Waals surface area (Å²) in [6, 6.07) is 11.8. The summed E-state index contributed by atoms with van der Waals surface area (Å²) in [6.07, 6.45) is -0.475. The molecule has 31 heavy (non-hydrogen) atoms. The van der Waals surface area contributed by atoms with Gasteiger partial charge in [-0.1, -0.05) is 35.3 Å². The van der Waals surface area contributed by atoms with Crippen molar-refractivity contribution in [2.75, 3.05) is 11.9 Å². The maximum atomic E-state index is 12.3. The van der Waals surface area contributed by atoms with Crippen LogP contribution >= 0.6 is 23.2 Å². The molecule has 0 aliphatic rings. The number of benzene rings is 2. The van der Waals surface area contributed by atoms with Gasteiger partial charge in [0.25, 0.3) is 5.91 Å². The van der Waals surface area contributed by atoms with Crippen LogP contribution < -0.4 is 16.0 Å². The highest BCUT2D eigenvalue weighted by Gasteiger charge is 2.16. The van der Waals surface area contributed by atoms with Crippen LogP contribution in [0.3, 0.4) is 0 Å². The molecule has 2 aromatic carbocycles. The molecule has 0 heterocycles. The molecule has 0 saturated heterocycles. The SMILES string of the molecule is CC(C)(C)OC(=O)NCCC(=O)Nc1cccc(CNC(=O)c2ccc(Cl)c(Cl)c2)c1. The van der Waals surface area contributed by atoms with Crippen molar-refractivity contribution in [1.82, 2.24) is 10.6 Å². The number of anilines is 1. The van der Waals surface area contributed by atoms with Gasteiger partial charge in [0.1, 0.15) is 5.60 Å². The highest BCUT2D eigenvalue weighted by molar-refractivity contribution is 6.42. The second kappa shape index (κ2) is 11.0. The molecule has 9 heteroatoms. The summed E-state index contributed by atoms with van der Waals surface area (Å²) in [7, 11) is 0. The summed E-state index contributed by atoms with van der Waals surface area (Å²) >= 11 is 11.8. The molecule has 0 aromatic heterocycles. The summed E-state index contributed by atoms with van der Waals surface area (Å²) in [6.45, 7) is 5.71. The van der Waals surface area contributed by atoms with E-state index in [0.717, 1.165) is 5.56 Å². The normalized spacial score (nSPS) is 10.9. The lowest BCUT2D eigenvalue weighted by Gasteiger charge is -2.19. The average molecular weight is 466 g/mol. The maximum Gasteiger partial charge on any atom is 0.407 e. The average Bonchev–Trinajstić information content (AvgIpc) is 2.67. The van der Waals surface area contributed by atoms with Crippen LogP contribution in [0.25, 0.3) is 0 Å². The molecule has 0 radical (unpaired) electrons. The smallest absolute Gasteiger partial charge is 0.407 e. The minimum Gasteiger partial charge on any atom is -0.444 e. The van der Waals surface area contributed by atoms with Crippen LogP contribution in [0, 0.1) is 0 Å². The quantitative estimate of drug-likeness (QED) is 0.548. The zero-order valence-electron chi connectivity index (χ0n) is 17.6. The molecule has 0 unspecified atom stereocenters. The fourth-order valence-corrected chi connectivity index (χ4v) is 2.79. The molecule has 7 nitrogen and oxygen atoms in total. The van der Waals surface area contributed by atoms with Gasteiger partial charge < -0.3 is 20.7 Å². The first-order valence-electron chi connectivity index (χ1n) is 9.62. The van der Waals surface area contributed by atoms with Gasteiger partial charge in [-0.25, -0.2) is 4.79 Å². The van der Waals surface area contributed by atoms with Gasteiger partial charge in [-0.15, -0.1) is 0 Å². The first-order valence-corrected chi connectivity index (χ1v) is 10.4. The molecule has 0 aliphatic heterocycles. The second-order valence-electron chi connectivity index (χ2n) is 7.74. The van der Waals surface area contributed by atoms with Crippen LogP contribution in [0.2, 0.25) is 10.0 Å². The van der Waals surface area contributed by atoms with Crippen molar-refractivity contribution < 1.29 is 19.1 Å². The third kappa shape index (κ3) is 8.86. The van der Waals surface area contributed by atoms with Crippen LogP contribution in [-0.4, -0.2) is 30.1 Å². The number of nitrogens with one attached hydrogen (secondary N) is 3. The van der Waals surface area contributed by atoms with E-state index in [1.54, 1.807) is 51.1 Å². The van der Waals surface area contributed by atoms with Gasteiger partial charge in [0.05, 0.1) is 10.0 Å². The first-order chi connectivity index (χ1) is 14.5. The van der Waals surface area contributed by atoms with Crippen LogP contribution in [0.4, 0.5) is 10.5 Å². The Morgan fingerprint density at radius 1 is 0.968 bits per heavy atom. The number of hydrogen-bond donors (Lipinski definition) is 3. The van der Waals surface area contributed by atoms with E-state index in [9.17, 15) is 14.4 Å². The van der Waals surface area contributed by atoms with Gasteiger partial charge in [-0.3, -0.25) is 9.59 Å². The third-order valence-electron chi connectivity index (χ3n) is 3.87. The lowest BCUT2D eigenvalue weighted by Crippen LogP contribution is -2.34. The van der Waals surface area contributed by atoms with E-state index in [0.29, 0.717) is 21.3 Å². The summed E-state index contributed by atoms with van der Waals surface area (Å²) in [5.41, 5.74) is 1.19. The van der Waals surface area contributed by atoms with Crippen molar-refractivity contribution >= 4 is 46.8 Å². The highest BCUT2D eigenvalue weighted by atomic mass is 35.5. The van der Waals surface area contributed by atoms with Gasteiger partial charge in [-0.2, -0.15) is 0 Å². The van der Waals surface area contributed by atoms with Crippen LogP contribution in [-0.2, 0) is 16.1 Å². The first kappa shape index (κ1) is 24.5. The predicted molar refractivity (Wildman–Crippen MR) is 122 cm³/mol. The Hall–Kier alpha value is -2.77. The largest absolute Gasteiger partial charge is 0.444 e. The molecular weight excluding hydrogens is 441 g/mol. The number of halogens is 2. The fourth-order valence-electron chi connectivity index (χ4n) is 2.50. The number of ether oxygens (including phenoxy) is 1. The number of amides is 3. The summed E-state index contributed by atoms with van der Waals surface area (Å²) in [4.78, 5) is 36.0. The Balaban J connectivity index is 1.81. The number of alkyl carbamates (subject to hydrolysis) is 1. The molecule has 0 saturated carbocycles. The molecule has 3 N–H and O–H groups in total. The van der Waals surface area contributed by atoms with Crippen molar-refractivity contribution in [2.24, 2.45) is 0 Å². The number of carbonyl (C=O) groups excluding carboxylic acids is 3. The highest BCUT2D eigenvalue weighted by Crippen LogP contribution is 2.22. The number of hydrogen-bond acceptors (Lipinski definition) is 4. The molecule has 2 aromatic rings. The number of carbonyl (C=O) groups is 3. The summed E-state index contributed by atoms with van der Waals surface area (Å²) in [5.74, 6) is -0.547. The van der Waals surface area contributed by atoms with E-state index < -0.39 is 11.7 Å². The van der Waals surface area contributed by atoms with Crippen LogP contribution in [0.1, 0.15) is 43.1 Å². The maximum absolute atomic E-state index is 12.3.